The summed E-state index contributed by atoms with van der Waals surface area (Å²) in [5.74, 6) is 0. The van der Waals surface area contributed by atoms with Crippen molar-refractivity contribution in [2.24, 2.45) is 0 Å². The largest absolute Gasteiger partial charge is 0.309 e. The summed E-state index contributed by atoms with van der Waals surface area (Å²) in [6.07, 6.45) is 1.97. The Morgan fingerprint density at radius 2 is 1.04 bits per heavy atom. The molecular formula is C51H47N. The highest BCUT2D eigenvalue weighted by Crippen LogP contribution is 2.54. The molecule has 0 saturated carbocycles. The summed E-state index contributed by atoms with van der Waals surface area (Å²) in [6, 6.07) is 46.3. The van der Waals surface area contributed by atoms with Gasteiger partial charge < -0.3 is 4.90 Å². The Balaban J connectivity index is 1.40. The van der Waals surface area contributed by atoms with Crippen molar-refractivity contribution in [1.82, 2.24) is 0 Å². The van der Waals surface area contributed by atoms with E-state index in [2.05, 4.69) is 188 Å². The first kappa shape index (κ1) is 32.5. The van der Waals surface area contributed by atoms with E-state index in [-0.39, 0.29) is 16.2 Å². The van der Waals surface area contributed by atoms with Gasteiger partial charge in [0.15, 0.2) is 0 Å². The van der Waals surface area contributed by atoms with Crippen molar-refractivity contribution in [2.45, 2.75) is 71.6 Å². The van der Waals surface area contributed by atoms with Gasteiger partial charge in [0, 0.05) is 11.0 Å². The lowest BCUT2D eigenvalue weighted by Crippen LogP contribution is -2.30. The average molecular weight is 674 g/mol. The first-order valence-electron chi connectivity index (χ1n) is 18.7. The third kappa shape index (κ3) is 4.68. The van der Waals surface area contributed by atoms with Crippen LogP contribution in [0.25, 0.3) is 60.3 Å². The SMILES string of the molecule is C=Cc1ccc(-c2ccc3c4cc(C(C)(C)C)cc5cc(C(C)(C)C)cc(c6cccc2c63)c54)c(N2c3ccccc3C(C)(C)c3ccccc32)c1. The van der Waals surface area contributed by atoms with Crippen LogP contribution in [-0.4, -0.2) is 0 Å². The standard InChI is InChI=1S/C51H47N/c1-10-31-22-23-36(46(26-31)52-44-20-13-11-18-42(44)51(8,9)43-19-12-14-21-45(43)52)35-24-25-39-41-30-34(50(5,6)7)28-32-27-33(49(2,3)4)29-40(47(32)41)38-17-15-16-37(35)48(38)39/h10-30H,1H2,2-9H3. The van der Waals surface area contributed by atoms with E-state index in [0.29, 0.717) is 0 Å². The van der Waals surface area contributed by atoms with Crippen LogP contribution in [0.3, 0.4) is 0 Å². The summed E-state index contributed by atoms with van der Waals surface area (Å²) in [5, 5.41) is 10.7. The zero-order valence-electron chi connectivity index (χ0n) is 31.8. The summed E-state index contributed by atoms with van der Waals surface area (Å²) in [5.41, 5.74) is 12.5. The summed E-state index contributed by atoms with van der Waals surface area (Å²) < 4.78 is 0. The van der Waals surface area contributed by atoms with Gasteiger partial charge in [-0.25, -0.2) is 0 Å². The fourth-order valence-electron chi connectivity index (χ4n) is 8.91. The van der Waals surface area contributed by atoms with Crippen LogP contribution in [0, 0.1) is 0 Å². The van der Waals surface area contributed by atoms with Crippen molar-refractivity contribution >= 4 is 66.2 Å². The topological polar surface area (TPSA) is 3.24 Å². The van der Waals surface area contributed by atoms with Crippen LogP contribution in [0.4, 0.5) is 17.1 Å². The van der Waals surface area contributed by atoms with E-state index in [1.54, 1.807) is 0 Å². The van der Waals surface area contributed by atoms with Gasteiger partial charge >= 0.3 is 0 Å². The number of anilines is 3. The molecule has 0 N–H and O–H groups in total. The molecule has 1 nitrogen and oxygen atoms in total. The van der Waals surface area contributed by atoms with Gasteiger partial charge in [-0.3, -0.25) is 0 Å². The van der Waals surface area contributed by atoms with E-state index in [0.717, 1.165) is 11.3 Å². The van der Waals surface area contributed by atoms with E-state index in [9.17, 15) is 0 Å². The molecule has 52 heavy (non-hydrogen) atoms. The molecule has 8 aromatic carbocycles. The summed E-state index contributed by atoms with van der Waals surface area (Å²) in [6.45, 7) is 22.9. The summed E-state index contributed by atoms with van der Waals surface area (Å²) in [4.78, 5) is 2.50. The molecule has 1 aliphatic rings. The second-order valence-electron chi connectivity index (χ2n) is 17.5. The van der Waals surface area contributed by atoms with E-state index in [1.165, 1.54) is 87.8 Å². The molecule has 9 rings (SSSR count). The number of para-hydroxylation sites is 2. The minimum absolute atomic E-state index is 0.0238. The van der Waals surface area contributed by atoms with Crippen LogP contribution in [0.15, 0.2) is 128 Å². The number of fused-ring (bicyclic) bond motifs is 4. The second kappa shape index (κ2) is 11.1. The second-order valence-corrected chi connectivity index (χ2v) is 17.5. The number of rotatable bonds is 3. The highest BCUT2D eigenvalue weighted by Gasteiger charge is 2.37. The van der Waals surface area contributed by atoms with Gasteiger partial charge in [0.1, 0.15) is 0 Å². The summed E-state index contributed by atoms with van der Waals surface area (Å²) in [7, 11) is 0. The molecule has 1 heteroatoms. The van der Waals surface area contributed by atoms with Crippen LogP contribution in [-0.2, 0) is 16.2 Å². The number of benzene rings is 8. The number of hydrogen-bond acceptors (Lipinski definition) is 1. The molecule has 0 fully saturated rings. The van der Waals surface area contributed by atoms with Crippen molar-refractivity contribution in [3.8, 4) is 11.1 Å². The van der Waals surface area contributed by atoms with E-state index < -0.39 is 0 Å². The predicted molar refractivity (Wildman–Crippen MR) is 227 cm³/mol. The molecule has 0 radical (unpaired) electrons. The van der Waals surface area contributed by atoms with Crippen molar-refractivity contribution in [3.05, 3.63) is 156 Å². The molecule has 1 aliphatic heterocycles. The van der Waals surface area contributed by atoms with Gasteiger partial charge in [-0.15, -0.1) is 0 Å². The maximum atomic E-state index is 4.19. The van der Waals surface area contributed by atoms with Gasteiger partial charge in [-0.05, 0) is 118 Å². The third-order valence-corrected chi connectivity index (χ3v) is 11.8. The normalized spacial score (nSPS) is 14.3. The Bertz CT molecular complexity index is 2630. The maximum absolute atomic E-state index is 4.19. The zero-order valence-corrected chi connectivity index (χ0v) is 31.8. The molecule has 0 aliphatic carbocycles. The molecular weight excluding hydrogens is 627 g/mol. The van der Waals surface area contributed by atoms with Crippen LogP contribution in [0.5, 0.6) is 0 Å². The lowest BCUT2D eigenvalue weighted by molar-refractivity contribution is 0.590. The first-order chi connectivity index (χ1) is 24.8. The Labute approximate surface area is 308 Å². The van der Waals surface area contributed by atoms with Gasteiger partial charge in [0.05, 0.1) is 17.1 Å². The predicted octanol–water partition coefficient (Wildman–Crippen LogP) is 14.8. The Kier molecular flexibility index (Phi) is 6.91. The summed E-state index contributed by atoms with van der Waals surface area (Å²) >= 11 is 0. The molecule has 0 aromatic heterocycles. The Morgan fingerprint density at radius 3 is 1.62 bits per heavy atom. The van der Waals surface area contributed by atoms with Crippen LogP contribution in [0.2, 0.25) is 0 Å². The van der Waals surface area contributed by atoms with Crippen LogP contribution in [0.1, 0.15) is 83.2 Å². The third-order valence-electron chi connectivity index (χ3n) is 11.8. The van der Waals surface area contributed by atoms with E-state index in [4.69, 9.17) is 0 Å². The monoisotopic (exact) mass is 673 g/mol. The van der Waals surface area contributed by atoms with Gasteiger partial charge in [0.2, 0.25) is 0 Å². The minimum Gasteiger partial charge on any atom is -0.309 e. The molecule has 8 aromatic rings. The quantitative estimate of drug-likeness (QED) is 0.133. The smallest absolute Gasteiger partial charge is 0.0546 e. The van der Waals surface area contributed by atoms with Crippen LogP contribution < -0.4 is 4.90 Å². The molecule has 0 saturated heterocycles. The van der Waals surface area contributed by atoms with Crippen LogP contribution >= 0.6 is 0 Å². The number of hydrogen-bond donors (Lipinski definition) is 0. The lowest BCUT2D eigenvalue weighted by atomic mass is 9.73. The van der Waals surface area contributed by atoms with Gasteiger partial charge in [0.25, 0.3) is 0 Å². The molecule has 256 valence electrons. The van der Waals surface area contributed by atoms with Crippen molar-refractivity contribution in [1.29, 1.82) is 0 Å². The Hall–Kier alpha value is -5.40. The molecule has 0 amide bonds. The maximum Gasteiger partial charge on any atom is 0.0546 e. The minimum atomic E-state index is -0.133. The van der Waals surface area contributed by atoms with Crippen molar-refractivity contribution in [3.63, 3.8) is 0 Å². The highest BCUT2D eigenvalue weighted by atomic mass is 15.2. The van der Waals surface area contributed by atoms with Gasteiger partial charge in [-0.1, -0.05) is 159 Å². The highest BCUT2D eigenvalue weighted by molar-refractivity contribution is 6.34. The molecule has 0 atom stereocenters. The number of nitrogens with zero attached hydrogens (tertiary/aromatic N) is 1. The lowest BCUT2D eigenvalue weighted by Gasteiger charge is -2.42. The van der Waals surface area contributed by atoms with Crippen molar-refractivity contribution < 1.29 is 0 Å². The average Bonchev–Trinajstić information content (AvgIpc) is 3.12. The fourth-order valence-corrected chi connectivity index (χ4v) is 8.91. The Morgan fingerprint density at radius 1 is 0.500 bits per heavy atom. The van der Waals surface area contributed by atoms with Crippen molar-refractivity contribution in [2.75, 3.05) is 4.90 Å². The molecule has 1 heterocycles. The van der Waals surface area contributed by atoms with E-state index >= 15 is 0 Å². The fraction of sp³-hybridized carbons (Fsp3) is 0.216. The first-order valence-corrected chi connectivity index (χ1v) is 18.7. The molecule has 0 spiro atoms. The van der Waals surface area contributed by atoms with E-state index in [1.807, 2.05) is 6.08 Å². The molecule has 0 bridgehead atoms. The zero-order chi connectivity index (χ0) is 36.3. The molecule has 0 unspecified atom stereocenters. The van der Waals surface area contributed by atoms with Gasteiger partial charge in [-0.2, -0.15) is 0 Å².